The summed E-state index contributed by atoms with van der Waals surface area (Å²) in [6.45, 7) is 0. The number of nitrogens with one attached hydrogen (secondary N) is 1. The molecule has 0 bridgehead atoms. The molecule has 0 fully saturated rings. The van der Waals surface area contributed by atoms with Crippen molar-refractivity contribution in [2.24, 2.45) is 0 Å². The molecule has 0 aliphatic carbocycles. The molecule has 0 radical (unpaired) electrons. The molecule has 1 aromatic heterocycles. The highest BCUT2D eigenvalue weighted by molar-refractivity contribution is 6.04. The number of nitro groups is 1. The Hall–Kier alpha value is -3.88. The first-order valence-electron chi connectivity index (χ1n) is 7.33. The second-order valence-electron chi connectivity index (χ2n) is 5.03. The fraction of sp³-hybridized carbons (Fsp3) is 0. The van der Waals surface area contributed by atoms with Gasteiger partial charge in [0.2, 0.25) is 0 Å². The van der Waals surface area contributed by atoms with Crippen molar-refractivity contribution in [3.63, 3.8) is 0 Å². The first kappa shape index (κ1) is 17.0. The van der Waals surface area contributed by atoms with Gasteiger partial charge in [0.25, 0.3) is 11.6 Å². The van der Waals surface area contributed by atoms with Crippen LogP contribution in [0.15, 0.2) is 60.9 Å². The van der Waals surface area contributed by atoms with Crippen LogP contribution < -0.4 is 10.1 Å². The monoisotopic (exact) mass is 354 g/mol. The van der Waals surface area contributed by atoms with E-state index < -0.39 is 22.3 Å². The molecule has 1 amide bonds. The molecular weight excluding hydrogens is 343 g/mol. The maximum absolute atomic E-state index is 13.9. The van der Waals surface area contributed by atoms with E-state index in [0.29, 0.717) is 17.5 Å². The summed E-state index contributed by atoms with van der Waals surface area (Å²) in [5, 5.41) is 13.1. The summed E-state index contributed by atoms with van der Waals surface area (Å²) in [5.41, 5.74) is -0.327. The molecule has 130 valence electrons. The maximum atomic E-state index is 13.9. The first-order chi connectivity index (χ1) is 12.5. The molecule has 0 saturated carbocycles. The van der Waals surface area contributed by atoms with Crippen LogP contribution in [0.25, 0.3) is 0 Å². The number of carbonyl (C=O) groups is 1. The van der Waals surface area contributed by atoms with Crippen molar-refractivity contribution in [1.29, 1.82) is 0 Å². The smallest absolute Gasteiger partial charge is 0.321 e. The fourth-order valence-corrected chi connectivity index (χ4v) is 2.05. The maximum Gasteiger partial charge on any atom is 0.321 e. The van der Waals surface area contributed by atoms with E-state index in [-0.39, 0.29) is 11.6 Å². The summed E-state index contributed by atoms with van der Waals surface area (Å²) in [5.74, 6) is -1.24. The van der Waals surface area contributed by atoms with E-state index >= 15 is 0 Å². The van der Waals surface area contributed by atoms with Crippen LogP contribution in [0.2, 0.25) is 0 Å². The number of aromatic nitrogens is 2. The molecule has 0 saturated heterocycles. The molecule has 1 N–H and O–H groups in total. The summed E-state index contributed by atoms with van der Waals surface area (Å²) in [6, 6.07) is 10.9. The Labute approximate surface area is 146 Å². The minimum absolute atomic E-state index is 0.178. The Balaban J connectivity index is 1.69. The lowest BCUT2D eigenvalue weighted by Crippen LogP contribution is -2.13. The number of non-ortho nitro benzene ring substituents is 1. The largest absolute Gasteiger partial charge is 0.424 e. The molecule has 26 heavy (non-hydrogen) atoms. The topological polar surface area (TPSA) is 107 Å². The second-order valence-corrected chi connectivity index (χ2v) is 5.03. The van der Waals surface area contributed by atoms with E-state index in [2.05, 4.69) is 15.3 Å². The van der Waals surface area contributed by atoms with Crippen LogP contribution in [0.1, 0.15) is 10.4 Å². The number of amides is 1. The zero-order chi connectivity index (χ0) is 18.5. The third-order valence-corrected chi connectivity index (χ3v) is 3.27. The average Bonchev–Trinajstić information content (AvgIpc) is 2.64. The van der Waals surface area contributed by atoms with Crippen LogP contribution in [-0.2, 0) is 0 Å². The zero-order valence-corrected chi connectivity index (χ0v) is 13.1. The van der Waals surface area contributed by atoms with Crippen LogP contribution in [0.4, 0.5) is 15.8 Å². The quantitative estimate of drug-likeness (QED) is 0.554. The van der Waals surface area contributed by atoms with Crippen molar-refractivity contribution in [2.75, 3.05) is 5.32 Å². The molecule has 0 unspecified atom stereocenters. The molecule has 1 heterocycles. The molecule has 8 nitrogen and oxygen atoms in total. The van der Waals surface area contributed by atoms with Gasteiger partial charge in [-0.15, -0.1) is 0 Å². The lowest BCUT2D eigenvalue weighted by Gasteiger charge is -2.07. The highest BCUT2D eigenvalue weighted by atomic mass is 19.1. The van der Waals surface area contributed by atoms with E-state index in [0.717, 1.165) is 12.1 Å². The van der Waals surface area contributed by atoms with E-state index in [1.165, 1.54) is 12.4 Å². The second kappa shape index (κ2) is 7.34. The van der Waals surface area contributed by atoms with Crippen LogP contribution in [-0.4, -0.2) is 20.8 Å². The SMILES string of the molecule is O=C(Nc1ccc(Oc2ncccn2)cc1)c1ccc([N+](=O)[O-])cc1F. The van der Waals surface area contributed by atoms with Gasteiger partial charge in [0.05, 0.1) is 16.6 Å². The number of anilines is 1. The molecule has 3 rings (SSSR count). The van der Waals surface area contributed by atoms with Crippen LogP contribution in [0.3, 0.4) is 0 Å². The first-order valence-corrected chi connectivity index (χ1v) is 7.33. The van der Waals surface area contributed by atoms with Gasteiger partial charge in [0.15, 0.2) is 0 Å². The van der Waals surface area contributed by atoms with E-state index in [9.17, 15) is 19.3 Å². The lowest BCUT2D eigenvalue weighted by molar-refractivity contribution is -0.385. The molecule has 0 aliphatic heterocycles. The summed E-state index contributed by atoms with van der Waals surface area (Å²) < 4.78 is 19.3. The number of halogens is 1. The molecule has 0 spiro atoms. The van der Waals surface area contributed by atoms with Gasteiger partial charge in [-0.25, -0.2) is 14.4 Å². The number of nitro benzene ring substituents is 1. The predicted molar refractivity (Wildman–Crippen MR) is 89.6 cm³/mol. The molecule has 9 heteroatoms. The fourth-order valence-electron chi connectivity index (χ4n) is 2.05. The van der Waals surface area contributed by atoms with Gasteiger partial charge >= 0.3 is 6.01 Å². The summed E-state index contributed by atoms with van der Waals surface area (Å²) >= 11 is 0. The predicted octanol–water partition coefficient (Wildman–Crippen LogP) is 3.57. The number of carbonyl (C=O) groups excluding carboxylic acids is 1. The van der Waals surface area contributed by atoms with Crippen molar-refractivity contribution in [3.05, 3.63) is 82.4 Å². The average molecular weight is 354 g/mol. The van der Waals surface area contributed by atoms with Gasteiger partial charge in [0, 0.05) is 24.1 Å². The van der Waals surface area contributed by atoms with Crippen molar-refractivity contribution in [3.8, 4) is 11.8 Å². The van der Waals surface area contributed by atoms with Gasteiger partial charge in [0.1, 0.15) is 11.6 Å². The number of benzene rings is 2. The number of hydrogen-bond acceptors (Lipinski definition) is 6. The Morgan fingerprint density at radius 1 is 1.12 bits per heavy atom. The van der Waals surface area contributed by atoms with E-state index in [1.807, 2.05) is 0 Å². The van der Waals surface area contributed by atoms with Gasteiger partial charge in [-0.1, -0.05) is 0 Å². The number of nitrogens with zero attached hydrogens (tertiary/aromatic N) is 3. The summed E-state index contributed by atoms with van der Waals surface area (Å²) in [6.07, 6.45) is 3.07. The molecule has 3 aromatic rings. The van der Waals surface area contributed by atoms with Gasteiger partial charge in [-0.3, -0.25) is 14.9 Å². The Bertz CT molecular complexity index is 949. The van der Waals surface area contributed by atoms with Gasteiger partial charge in [-0.05, 0) is 36.4 Å². The molecule has 0 aliphatic rings. The van der Waals surface area contributed by atoms with Crippen LogP contribution in [0.5, 0.6) is 11.8 Å². The highest BCUT2D eigenvalue weighted by Gasteiger charge is 2.16. The Kier molecular flexibility index (Phi) is 4.79. The van der Waals surface area contributed by atoms with Gasteiger partial charge < -0.3 is 10.1 Å². The zero-order valence-electron chi connectivity index (χ0n) is 13.1. The summed E-state index contributed by atoms with van der Waals surface area (Å²) in [7, 11) is 0. The highest BCUT2D eigenvalue weighted by Crippen LogP contribution is 2.21. The van der Waals surface area contributed by atoms with Gasteiger partial charge in [-0.2, -0.15) is 0 Å². The standard InChI is InChI=1S/C17H11FN4O4/c18-15-10-12(22(24)25)4-7-14(15)16(23)21-11-2-5-13(6-3-11)26-17-19-8-1-9-20-17/h1-10H,(H,21,23). The van der Waals surface area contributed by atoms with Crippen molar-refractivity contribution in [1.82, 2.24) is 9.97 Å². The van der Waals surface area contributed by atoms with Crippen LogP contribution >= 0.6 is 0 Å². The number of hydrogen-bond donors (Lipinski definition) is 1. The van der Waals surface area contributed by atoms with Crippen molar-refractivity contribution < 1.29 is 18.8 Å². The number of ether oxygens (including phenoxy) is 1. The van der Waals surface area contributed by atoms with Crippen LogP contribution in [0, 0.1) is 15.9 Å². The minimum atomic E-state index is -0.974. The number of rotatable bonds is 5. The molecule has 2 aromatic carbocycles. The third-order valence-electron chi connectivity index (χ3n) is 3.27. The van der Waals surface area contributed by atoms with E-state index in [4.69, 9.17) is 4.74 Å². The van der Waals surface area contributed by atoms with Crippen molar-refractivity contribution >= 4 is 17.3 Å². The Morgan fingerprint density at radius 3 is 2.42 bits per heavy atom. The minimum Gasteiger partial charge on any atom is -0.424 e. The van der Waals surface area contributed by atoms with Crippen molar-refractivity contribution in [2.45, 2.75) is 0 Å². The molecule has 0 atom stereocenters. The van der Waals surface area contributed by atoms with E-state index in [1.54, 1.807) is 30.3 Å². The molecular formula is C17H11FN4O4. The lowest BCUT2D eigenvalue weighted by atomic mass is 10.1. The Morgan fingerprint density at radius 2 is 1.81 bits per heavy atom. The summed E-state index contributed by atoms with van der Waals surface area (Å²) in [4.78, 5) is 29.8. The third kappa shape index (κ3) is 3.96. The normalized spacial score (nSPS) is 10.2.